The van der Waals surface area contributed by atoms with Crippen molar-refractivity contribution in [1.29, 1.82) is 0 Å². The van der Waals surface area contributed by atoms with Gasteiger partial charge < -0.3 is 4.74 Å². The average Bonchev–Trinajstić information content (AvgIpc) is 2.86. The van der Waals surface area contributed by atoms with Crippen molar-refractivity contribution in [2.75, 3.05) is 7.11 Å². The van der Waals surface area contributed by atoms with Gasteiger partial charge in [-0.05, 0) is 23.8 Å². The lowest BCUT2D eigenvalue weighted by atomic mass is 10.1. The minimum atomic E-state index is 0.765. The molecular weight excluding hydrogens is 232 g/mol. The minimum Gasteiger partial charge on any atom is -0.495 e. The number of thiazole rings is 1. The second-order valence-corrected chi connectivity index (χ2v) is 4.53. The SMILES string of the molecule is COc1cncc(-c2ccc3scnc3c2)c1. The fourth-order valence-corrected chi connectivity index (χ4v) is 2.38. The summed E-state index contributed by atoms with van der Waals surface area (Å²) < 4.78 is 6.37. The van der Waals surface area contributed by atoms with Crippen LogP contribution in [0.1, 0.15) is 0 Å². The zero-order chi connectivity index (χ0) is 11.7. The zero-order valence-corrected chi connectivity index (χ0v) is 10.1. The van der Waals surface area contributed by atoms with E-state index in [0.29, 0.717) is 0 Å². The second kappa shape index (κ2) is 4.14. The molecule has 0 aliphatic carbocycles. The minimum absolute atomic E-state index is 0.765. The molecule has 0 N–H and O–H groups in total. The van der Waals surface area contributed by atoms with Crippen molar-refractivity contribution in [1.82, 2.24) is 9.97 Å². The molecule has 0 fully saturated rings. The van der Waals surface area contributed by atoms with Gasteiger partial charge in [0, 0.05) is 11.8 Å². The first-order chi connectivity index (χ1) is 8.36. The number of rotatable bonds is 2. The second-order valence-electron chi connectivity index (χ2n) is 3.65. The fraction of sp³-hybridized carbons (Fsp3) is 0.0769. The third-order valence-electron chi connectivity index (χ3n) is 2.61. The monoisotopic (exact) mass is 242 g/mol. The molecule has 4 heteroatoms. The van der Waals surface area contributed by atoms with Crippen LogP contribution in [0.5, 0.6) is 5.75 Å². The molecule has 17 heavy (non-hydrogen) atoms. The number of methoxy groups -OCH3 is 1. The molecule has 0 radical (unpaired) electrons. The van der Waals surface area contributed by atoms with Gasteiger partial charge in [-0.15, -0.1) is 11.3 Å². The van der Waals surface area contributed by atoms with Crippen molar-refractivity contribution in [3.05, 3.63) is 42.2 Å². The van der Waals surface area contributed by atoms with Crippen molar-refractivity contribution in [3.8, 4) is 16.9 Å². The van der Waals surface area contributed by atoms with Gasteiger partial charge in [-0.2, -0.15) is 0 Å². The van der Waals surface area contributed by atoms with E-state index in [-0.39, 0.29) is 0 Å². The highest BCUT2D eigenvalue weighted by Crippen LogP contribution is 2.27. The predicted molar refractivity (Wildman–Crippen MR) is 69.4 cm³/mol. The van der Waals surface area contributed by atoms with Crippen molar-refractivity contribution in [3.63, 3.8) is 0 Å². The predicted octanol–water partition coefficient (Wildman–Crippen LogP) is 3.37. The third-order valence-corrected chi connectivity index (χ3v) is 3.42. The van der Waals surface area contributed by atoms with E-state index in [4.69, 9.17) is 4.74 Å². The number of benzene rings is 1. The number of hydrogen-bond acceptors (Lipinski definition) is 4. The first kappa shape index (κ1) is 10.2. The summed E-state index contributed by atoms with van der Waals surface area (Å²) in [5, 5.41) is 0. The van der Waals surface area contributed by atoms with Gasteiger partial charge in [0.1, 0.15) is 5.75 Å². The quantitative estimate of drug-likeness (QED) is 0.691. The molecule has 0 atom stereocenters. The standard InChI is InChI=1S/C13H10N2OS/c1-16-11-4-10(6-14-7-11)9-2-3-13-12(5-9)15-8-17-13/h2-8H,1H3. The van der Waals surface area contributed by atoms with E-state index in [1.54, 1.807) is 24.6 Å². The van der Waals surface area contributed by atoms with Crippen molar-refractivity contribution >= 4 is 21.6 Å². The molecule has 84 valence electrons. The van der Waals surface area contributed by atoms with Gasteiger partial charge in [0.2, 0.25) is 0 Å². The number of nitrogens with zero attached hydrogens (tertiary/aromatic N) is 2. The number of fused-ring (bicyclic) bond motifs is 1. The molecule has 0 aliphatic heterocycles. The van der Waals surface area contributed by atoms with E-state index in [1.807, 2.05) is 17.8 Å². The van der Waals surface area contributed by atoms with Crippen LogP contribution in [0.2, 0.25) is 0 Å². The molecule has 0 saturated heterocycles. The lowest BCUT2D eigenvalue weighted by molar-refractivity contribution is 0.413. The van der Waals surface area contributed by atoms with Crippen LogP contribution >= 0.6 is 11.3 Å². The molecule has 0 amide bonds. The summed E-state index contributed by atoms with van der Waals surface area (Å²) in [7, 11) is 1.64. The number of aromatic nitrogens is 2. The highest BCUT2D eigenvalue weighted by Gasteiger charge is 2.03. The average molecular weight is 242 g/mol. The van der Waals surface area contributed by atoms with E-state index in [2.05, 4.69) is 28.2 Å². The molecule has 0 bridgehead atoms. The maximum Gasteiger partial charge on any atom is 0.137 e. The third kappa shape index (κ3) is 1.87. The highest BCUT2D eigenvalue weighted by molar-refractivity contribution is 7.16. The Bertz CT molecular complexity index is 663. The summed E-state index contributed by atoms with van der Waals surface area (Å²) in [6, 6.07) is 8.21. The fourth-order valence-electron chi connectivity index (χ4n) is 1.73. The van der Waals surface area contributed by atoms with Gasteiger partial charge >= 0.3 is 0 Å². The number of hydrogen-bond donors (Lipinski definition) is 0. The summed E-state index contributed by atoms with van der Waals surface area (Å²) in [6.45, 7) is 0. The van der Waals surface area contributed by atoms with Gasteiger partial charge in [-0.1, -0.05) is 6.07 Å². The Labute approximate surface area is 103 Å². The number of pyridine rings is 1. The van der Waals surface area contributed by atoms with Gasteiger partial charge in [-0.3, -0.25) is 4.98 Å². The molecule has 2 aromatic heterocycles. The van der Waals surface area contributed by atoms with Crippen LogP contribution in [0, 0.1) is 0 Å². The van der Waals surface area contributed by atoms with E-state index in [1.165, 1.54) is 4.70 Å². The maximum atomic E-state index is 5.17. The Hall–Kier alpha value is -1.94. The number of ether oxygens (including phenoxy) is 1. The van der Waals surface area contributed by atoms with Crippen LogP contribution in [0.3, 0.4) is 0 Å². The summed E-state index contributed by atoms with van der Waals surface area (Å²) in [4.78, 5) is 8.47. The Kier molecular flexibility index (Phi) is 2.49. The van der Waals surface area contributed by atoms with Crippen LogP contribution in [-0.2, 0) is 0 Å². The van der Waals surface area contributed by atoms with Crippen LogP contribution in [0.15, 0.2) is 42.2 Å². The first-order valence-electron chi connectivity index (χ1n) is 5.19. The molecular formula is C13H10N2OS. The largest absolute Gasteiger partial charge is 0.495 e. The topological polar surface area (TPSA) is 35.0 Å². The first-order valence-corrected chi connectivity index (χ1v) is 6.07. The molecule has 0 saturated carbocycles. The van der Waals surface area contributed by atoms with Crippen LogP contribution < -0.4 is 4.74 Å². The summed E-state index contributed by atoms with van der Waals surface area (Å²) in [6.07, 6.45) is 3.53. The van der Waals surface area contributed by atoms with Crippen molar-refractivity contribution in [2.45, 2.75) is 0 Å². The van der Waals surface area contributed by atoms with Crippen molar-refractivity contribution < 1.29 is 4.74 Å². The molecule has 1 aromatic carbocycles. The molecule has 0 unspecified atom stereocenters. The Morgan fingerprint density at radius 2 is 2.06 bits per heavy atom. The van der Waals surface area contributed by atoms with E-state index >= 15 is 0 Å². The van der Waals surface area contributed by atoms with E-state index in [9.17, 15) is 0 Å². The normalized spacial score (nSPS) is 10.6. The van der Waals surface area contributed by atoms with Crippen LogP contribution in [0.25, 0.3) is 21.3 Å². The highest BCUT2D eigenvalue weighted by atomic mass is 32.1. The van der Waals surface area contributed by atoms with E-state index in [0.717, 1.165) is 22.4 Å². The molecule has 3 rings (SSSR count). The van der Waals surface area contributed by atoms with Gasteiger partial charge in [0.25, 0.3) is 0 Å². The lowest BCUT2D eigenvalue weighted by Gasteiger charge is -2.03. The smallest absolute Gasteiger partial charge is 0.137 e. The molecule has 3 nitrogen and oxygen atoms in total. The van der Waals surface area contributed by atoms with E-state index < -0.39 is 0 Å². The summed E-state index contributed by atoms with van der Waals surface area (Å²) in [5.74, 6) is 0.765. The summed E-state index contributed by atoms with van der Waals surface area (Å²) >= 11 is 1.65. The summed E-state index contributed by atoms with van der Waals surface area (Å²) in [5.41, 5.74) is 5.03. The Morgan fingerprint density at radius 3 is 2.94 bits per heavy atom. The molecule has 0 spiro atoms. The Balaban J connectivity index is 2.12. The molecule has 0 aliphatic rings. The van der Waals surface area contributed by atoms with Crippen LogP contribution in [0.4, 0.5) is 0 Å². The van der Waals surface area contributed by atoms with Crippen molar-refractivity contribution in [2.24, 2.45) is 0 Å². The lowest BCUT2D eigenvalue weighted by Crippen LogP contribution is -1.86. The van der Waals surface area contributed by atoms with Crippen LogP contribution in [-0.4, -0.2) is 17.1 Å². The zero-order valence-electron chi connectivity index (χ0n) is 9.25. The molecule has 3 aromatic rings. The van der Waals surface area contributed by atoms with Gasteiger partial charge in [-0.25, -0.2) is 4.98 Å². The molecule has 2 heterocycles. The van der Waals surface area contributed by atoms with Gasteiger partial charge in [0.05, 0.1) is 29.0 Å². The maximum absolute atomic E-state index is 5.17. The van der Waals surface area contributed by atoms with Gasteiger partial charge in [0.15, 0.2) is 0 Å². The Morgan fingerprint density at radius 1 is 1.12 bits per heavy atom.